The third kappa shape index (κ3) is 2.51. The number of hydrogen-bond donors (Lipinski definition) is 0. The van der Waals surface area contributed by atoms with Crippen LogP contribution in [0.4, 0.5) is 0 Å². The molecule has 108 valence electrons. The number of rotatable bonds is 5. The molecule has 0 aliphatic heterocycles. The molecule has 3 rings (SSSR count). The SMILES string of the molecule is CCCCc1ccc(-c2nc3scc(C)n3c2C=O)cc1. The highest BCUT2D eigenvalue weighted by Gasteiger charge is 2.15. The van der Waals surface area contributed by atoms with Gasteiger partial charge in [0.25, 0.3) is 0 Å². The highest BCUT2D eigenvalue weighted by Crippen LogP contribution is 2.27. The lowest BCUT2D eigenvalue weighted by Crippen LogP contribution is -1.93. The van der Waals surface area contributed by atoms with E-state index in [4.69, 9.17) is 0 Å². The largest absolute Gasteiger partial charge is 0.296 e. The first-order chi connectivity index (χ1) is 10.2. The molecule has 0 atom stereocenters. The second-order valence-electron chi connectivity index (χ2n) is 5.26. The zero-order chi connectivity index (χ0) is 14.8. The zero-order valence-corrected chi connectivity index (χ0v) is 13.1. The summed E-state index contributed by atoms with van der Waals surface area (Å²) in [5, 5.41) is 2.02. The number of unbranched alkanes of at least 4 members (excludes halogenated alkanes) is 1. The minimum atomic E-state index is 0.644. The van der Waals surface area contributed by atoms with Crippen LogP contribution in [-0.2, 0) is 6.42 Å². The number of imidazole rings is 1. The molecule has 0 bridgehead atoms. The van der Waals surface area contributed by atoms with E-state index in [-0.39, 0.29) is 0 Å². The Hall–Kier alpha value is -1.94. The van der Waals surface area contributed by atoms with Crippen LogP contribution < -0.4 is 0 Å². The van der Waals surface area contributed by atoms with Gasteiger partial charge >= 0.3 is 0 Å². The first-order valence-electron chi connectivity index (χ1n) is 7.25. The fourth-order valence-corrected chi connectivity index (χ4v) is 3.43. The van der Waals surface area contributed by atoms with Gasteiger partial charge in [-0.1, -0.05) is 37.6 Å². The van der Waals surface area contributed by atoms with Gasteiger partial charge in [0, 0.05) is 16.6 Å². The lowest BCUT2D eigenvalue weighted by molar-refractivity contribution is 0.111. The van der Waals surface area contributed by atoms with Crippen LogP contribution >= 0.6 is 11.3 Å². The Kier molecular flexibility index (Phi) is 3.88. The van der Waals surface area contributed by atoms with E-state index in [0.29, 0.717) is 5.69 Å². The van der Waals surface area contributed by atoms with Crippen molar-refractivity contribution in [1.82, 2.24) is 9.38 Å². The van der Waals surface area contributed by atoms with Crippen molar-refractivity contribution < 1.29 is 4.79 Å². The Morgan fingerprint density at radius 2 is 2.05 bits per heavy atom. The first-order valence-corrected chi connectivity index (χ1v) is 8.13. The third-order valence-corrected chi connectivity index (χ3v) is 4.67. The summed E-state index contributed by atoms with van der Waals surface area (Å²) in [5.41, 5.74) is 4.82. The van der Waals surface area contributed by atoms with Crippen LogP contribution in [0.3, 0.4) is 0 Å². The van der Waals surface area contributed by atoms with E-state index in [1.807, 2.05) is 16.7 Å². The molecule has 2 heterocycles. The predicted octanol–water partition coefficient (Wildman–Crippen LogP) is 4.53. The summed E-state index contributed by atoms with van der Waals surface area (Å²) in [4.78, 5) is 17.0. The zero-order valence-electron chi connectivity index (χ0n) is 12.3. The fourth-order valence-electron chi connectivity index (χ4n) is 2.55. The van der Waals surface area contributed by atoms with Crippen molar-refractivity contribution >= 4 is 22.6 Å². The Bertz CT molecular complexity index is 768. The van der Waals surface area contributed by atoms with Crippen LogP contribution in [0.25, 0.3) is 16.2 Å². The van der Waals surface area contributed by atoms with Crippen molar-refractivity contribution in [3.05, 3.63) is 46.6 Å². The second-order valence-corrected chi connectivity index (χ2v) is 6.10. The van der Waals surface area contributed by atoms with E-state index in [1.165, 1.54) is 18.4 Å². The number of fused-ring (bicyclic) bond motifs is 1. The highest BCUT2D eigenvalue weighted by molar-refractivity contribution is 7.15. The smallest absolute Gasteiger partial charge is 0.195 e. The van der Waals surface area contributed by atoms with Gasteiger partial charge in [0.2, 0.25) is 0 Å². The van der Waals surface area contributed by atoms with Gasteiger partial charge in [0.05, 0.1) is 0 Å². The summed E-state index contributed by atoms with van der Waals surface area (Å²) in [6.45, 7) is 4.20. The molecule has 21 heavy (non-hydrogen) atoms. The highest BCUT2D eigenvalue weighted by atomic mass is 32.1. The number of thiazole rings is 1. The van der Waals surface area contributed by atoms with Gasteiger partial charge in [-0.3, -0.25) is 9.20 Å². The minimum Gasteiger partial charge on any atom is -0.296 e. The lowest BCUT2D eigenvalue weighted by Gasteiger charge is -2.03. The van der Waals surface area contributed by atoms with Crippen LogP contribution in [0.15, 0.2) is 29.6 Å². The number of benzene rings is 1. The molecule has 1 aromatic carbocycles. The molecule has 3 nitrogen and oxygen atoms in total. The summed E-state index contributed by atoms with van der Waals surface area (Å²) < 4.78 is 1.93. The number of carbonyl (C=O) groups is 1. The van der Waals surface area contributed by atoms with Gasteiger partial charge in [-0.05, 0) is 25.3 Å². The number of hydrogen-bond acceptors (Lipinski definition) is 3. The number of aromatic nitrogens is 2. The maximum Gasteiger partial charge on any atom is 0.195 e. The third-order valence-electron chi connectivity index (χ3n) is 3.73. The molecule has 0 saturated heterocycles. The van der Waals surface area contributed by atoms with Crippen LogP contribution in [0, 0.1) is 6.92 Å². The molecule has 0 radical (unpaired) electrons. The van der Waals surface area contributed by atoms with Crippen molar-refractivity contribution in [2.24, 2.45) is 0 Å². The lowest BCUT2D eigenvalue weighted by atomic mass is 10.0. The average Bonchev–Trinajstić information content (AvgIpc) is 3.05. The first kappa shape index (κ1) is 14.0. The number of nitrogens with zero attached hydrogens (tertiary/aromatic N) is 2. The molecule has 0 spiro atoms. The number of carbonyl (C=O) groups excluding carboxylic acids is 1. The number of aryl methyl sites for hydroxylation is 2. The van der Waals surface area contributed by atoms with E-state index in [9.17, 15) is 4.79 Å². The predicted molar refractivity (Wildman–Crippen MR) is 87.2 cm³/mol. The van der Waals surface area contributed by atoms with Gasteiger partial charge in [0.15, 0.2) is 11.2 Å². The molecule has 3 aromatic rings. The van der Waals surface area contributed by atoms with Crippen molar-refractivity contribution in [3.8, 4) is 11.3 Å². The molecule has 0 fully saturated rings. The standard InChI is InChI=1S/C17H18N2OS/c1-3-4-5-13-6-8-14(9-7-13)16-15(10-20)19-12(2)11-21-17(19)18-16/h6-11H,3-5H2,1-2H3. The summed E-state index contributed by atoms with van der Waals surface area (Å²) in [7, 11) is 0. The molecule has 4 heteroatoms. The van der Waals surface area contributed by atoms with Gasteiger partial charge in [-0.15, -0.1) is 11.3 Å². The van der Waals surface area contributed by atoms with Gasteiger partial charge < -0.3 is 0 Å². The second kappa shape index (κ2) is 5.82. The summed E-state index contributed by atoms with van der Waals surface area (Å²) >= 11 is 1.57. The normalized spacial score (nSPS) is 11.1. The van der Waals surface area contributed by atoms with E-state index >= 15 is 0 Å². The van der Waals surface area contributed by atoms with Crippen molar-refractivity contribution in [2.45, 2.75) is 33.1 Å². The summed E-state index contributed by atoms with van der Waals surface area (Å²) in [5.74, 6) is 0. The summed E-state index contributed by atoms with van der Waals surface area (Å²) in [6.07, 6.45) is 4.42. The molecule has 0 aliphatic carbocycles. The summed E-state index contributed by atoms with van der Waals surface area (Å²) in [6, 6.07) is 8.42. The Morgan fingerprint density at radius 1 is 1.29 bits per heavy atom. The molecule has 0 unspecified atom stereocenters. The van der Waals surface area contributed by atoms with Gasteiger partial charge in [-0.2, -0.15) is 0 Å². The molecular weight excluding hydrogens is 280 g/mol. The van der Waals surface area contributed by atoms with Crippen LogP contribution in [0.1, 0.15) is 41.5 Å². The number of aldehydes is 1. The Balaban J connectivity index is 2.01. The van der Waals surface area contributed by atoms with Crippen LogP contribution in [0.2, 0.25) is 0 Å². The van der Waals surface area contributed by atoms with Crippen LogP contribution in [-0.4, -0.2) is 15.7 Å². The van der Waals surface area contributed by atoms with Gasteiger partial charge in [-0.25, -0.2) is 4.98 Å². The monoisotopic (exact) mass is 298 g/mol. The van der Waals surface area contributed by atoms with Gasteiger partial charge in [0.1, 0.15) is 11.4 Å². The van der Waals surface area contributed by atoms with E-state index in [0.717, 1.165) is 34.6 Å². The topological polar surface area (TPSA) is 34.4 Å². The molecule has 0 saturated carbocycles. The Labute approximate surface area is 128 Å². The Morgan fingerprint density at radius 3 is 2.71 bits per heavy atom. The quantitative estimate of drug-likeness (QED) is 0.649. The molecular formula is C17H18N2OS. The van der Waals surface area contributed by atoms with E-state index in [2.05, 4.69) is 36.2 Å². The minimum absolute atomic E-state index is 0.644. The van der Waals surface area contributed by atoms with Crippen LogP contribution in [0.5, 0.6) is 0 Å². The maximum absolute atomic E-state index is 11.5. The van der Waals surface area contributed by atoms with Crippen molar-refractivity contribution in [2.75, 3.05) is 0 Å². The molecule has 0 aliphatic rings. The molecule has 2 aromatic heterocycles. The fraction of sp³-hybridized carbons (Fsp3) is 0.294. The van der Waals surface area contributed by atoms with Crippen molar-refractivity contribution in [3.63, 3.8) is 0 Å². The van der Waals surface area contributed by atoms with Crippen molar-refractivity contribution in [1.29, 1.82) is 0 Å². The van der Waals surface area contributed by atoms with E-state index in [1.54, 1.807) is 11.3 Å². The molecule has 0 N–H and O–H groups in total. The average molecular weight is 298 g/mol. The van der Waals surface area contributed by atoms with E-state index < -0.39 is 0 Å². The molecule has 0 amide bonds. The maximum atomic E-state index is 11.5.